The van der Waals surface area contributed by atoms with Gasteiger partial charge in [-0.2, -0.15) is 0 Å². The van der Waals surface area contributed by atoms with E-state index in [-0.39, 0.29) is 11.8 Å². The third-order valence-electron chi connectivity index (χ3n) is 4.98. The summed E-state index contributed by atoms with van der Waals surface area (Å²) in [4.78, 5) is 41.5. The van der Waals surface area contributed by atoms with Gasteiger partial charge in [0.15, 0.2) is 11.4 Å². The Balaban J connectivity index is 2.39. The van der Waals surface area contributed by atoms with E-state index in [9.17, 15) is 18.8 Å². The molecule has 7 nitrogen and oxygen atoms in total. The van der Waals surface area contributed by atoms with Gasteiger partial charge < -0.3 is 10.4 Å². The summed E-state index contributed by atoms with van der Waals surface area (Å²) in [7, 11) is 0. The number of Topliss-reactive ketones (excluding diaryl/α,β-unsaturated/α-hetero) is 1. The molecule has 158 valence electrons. The maximum atomic E-state index is 13.0. The predicted octanol–water partition coefficient (Wildman–Crippen LogP) is 2.58. The van der Waals surface area contributed by atoms with Crippen molar-refractivity contribution in [1.82, 2.24) is 10.8 Å². The third-order valence-corrected chi connectivity index (χ3v) is 4.98. The normalized spacial score (nSPS) is 19.6. The first-order valence-electron chi connectivity index (χ1n) is 9.50. The van der Waals surface area contributed by atoms with Crippen molar-refractivity contribution in [3.8, 4) is 0 Å². The number of alkyl halides is 1. The molecule has 0 bridgehead atoms. The van der Waals surface area contributed by atoms with Crippen LogP contribution in [0.4, 0.5) is 4.39 Å². The second-order valence-corrected chi connectivity index (χ2v) is 7.68. The van der Waals surface area contributed by atoms with Gasteiger partial charge in [-0.15, -0.1) is 0 Å². The lowest BCUT2D eigenvalue weighted by atomic mass is 9.86. The Hall–Kier alpha value is -2.74. The number of carbonyl (C=O) groups is 3. The van der Waals surface area contributed by atoms with Gasteiger partial charge in [0.2, 0.25) is 0 Å². The van der Waals surface area contributed by atoms with Crippen LogP contribution in [0.1, 0.15) is 51.2 Å². The average Bonchev–Trinajstić information content (AvgIpc) is 3.13. The van der Waals surface area contributed by atoms with Crippen molar-refractivity contribution in [1.29, 1.82) is 0 Å². The molecule has 0 saturated heterocycles. The molecule has 0 fully saturated rings. The molecule has 1 heterocycles. The minimum Gasteiger partial charge on any atom is -0.481 e. The Labute approximate surface area is 169 Å². The van der Waals surface area contributed by atoms with Crippen LogP contribution in [0.5, 0.6) is 0 Å². The molecule has 1 amide bonds. The fourth-order valence-electron chi connectivity index (χ4n) is 3.23. The maximum Gasteiger partial charge on any atom is 0.305 e. The first kappa shape index (κ1) is 22.5. The molecule has 3 N–H and O–H groups in total. The average molecular weight is 406 g/mol. The number of ketones is 1. The number of halogens is 1. The predicted molar refractivity (Wildman–Crippen MR) is 105 cm³/mol. The highest BCUT2D eigenvalue weighted by Gasteiger charge is 2.47. The van der Waals surface area contributed by atoms with E-state index in [1.54, 1.807) is 19.9 Å². The number of hydrogen-bond acceptors (Lipinski definition) is 5. The van der Waals surface area contributed by atoms with Gasteiger partial charge in [-0.05, 0) is 23.5 Å². The highest BCUT2D eigenvalue weighted by Crippen LogP contribution is 2.35. The Morgan fingerprint density at radius 2 is 1.86 bits per heavy atom. The van der Waals surface area contributed by atoms with E-state index in [2.05, 4.69) is 24.6 Å². The maximum absolute atomic E-state index is 13.0. The molecule has 1 aromatic carbocycles. The minimum absolute atomic E-state index is 0.235. The van der Waals surface area contributed by atoms with E-state index in [0.29, 0.717) is 5.70 Å². The number of carboxylic acid groups (broad SMARTS) is 1. The van der Waals surface area contributed by atoms with Crippen molar-refractivity contribution < 1.29 is 28.7 Å². The van der Waals surface area contributed by atoms with Crippen molar-refractivity contribution in [2.24, 2.45) is 5.92 Å². The molecule has 1 unspecified atom stereocenters. The molecule has 1 aliphatic rings. The number of hydroxylamine groups is 1. The van der Waals surface area contributed by atoms with E-state index in [0.717, 1.165) is 11.1 Å². The van der Waals surface area contributed by atoms with Crippen molar-refractivity contribution in [2.75, 3.05) is 6.67 Å². The van der Waals surface area contributed by atoms with Crippen LogP contribution in [-0.2, 0) is 19.2 Å². The van der Waals surface area contributed by atoms with Crippen molar-refractivity contribution >= 4 is 23.4 Å². The lowest BCUT2D eigenvalue weighted by Gasteiger charge is -2.29. The van der Waals surface area contributed by atoms with Gasteiger partial charge in [-0.25, -0.2) is 4.39 Å². The number of carbonyl (C=O) groups excluding carboxylic acids is 2. The van der Waals surface area contributed by atoms with E-state index in [1.807, 2.05) is 24.3 Å². The quantitative estimate of drug-likeness (QED) is 0.582. The third kappa shape index (κ3) is 4.82. The van der Waals surface area contributed by atoms with Crippen molar-refractivity contribution in [2.45, 2.75) is 51.7 Å². The number of aliphatic carboxylic acids is 1. The zero-order valence-electron chi connectivity index (χ0n) is 17.0. The Kier molecular flexibility index (Phi) is 7.13. The summed E-state index contributed by atoms with van der Waals surface area (Å²) in [6.45, 7) is 6.26. The van der Waals surface area contributed by atoms with Gasteiger partial charge in [0.25, 0.3) is 5.91 Å². The molecule has 0 radical (unpaired) electrons. The molecule has 1 aliphatic heterocycles. The topological polar surface area (TPSA) is 105 Å². The lowest BCUT2D eigenvalue weighted by molar-refractivity contribution is -0.152. The molecule has 0 aliphatic carbocycles. The highest BCUT2D eigenvalue weighted by atomic mass is 19.1. The summed E-state index contributed by atoms with van der Waals surface area (Å²) in [6.07, 6.45) is 0.925. The van der Waals surface area contributed by atoms with Crippen LogP contribution >= 0.6 is 0 Å². The molecule has 0 spiro atoms. The SMILES string of the molecule is CC(C)c1ccccc1C1=C[C@](C(=O)NC(CC(=O)O)C(=O)CF)(C(C)C)ON1. The molecular formula is C21H27FN2O5. The van der Waals surface area contributed by atoms with Crippen LogP contribution in [0.3, 0.4) is 0 Å². The van der Waals surface area contributed by atoms with Crippen LogP contribution in [0.15, 0.2) is 30.3 Å². The molecule has 29 heavy (non-hydrogen) atoms. The smallest absolute Gasteiger partial charge is 0.305 e. The van der Waals surface area contributed by atoms with Crippen molar-refractivity contribution in [3.63, 3.8) is 0 Å². The van der Waals surface area contributed by atoms with E-state index >= 15 is 0 Å². The summed E-state index contributed by atoms with van der Waals surface area (Å²) < 4.78 is 12.8. The van der Waals surface area contributed by atoms with Crippen LogP contribution in [0.25, 0.3) is 5.70 Å². The standard InChI is InChI=1S/C21H27FN2O5/c1-12(2)14-7-5-6-8-15(14)17-10-21(13(3)4,29-24-17)20(28)23-16(9-19(26)27)18(25)11-22/h5-8,10,12-13,16,24H,9,11H2,1-4H3,(H,23,28)(H,26,27)/t16?,21-/m1/s1. The Morgan fingerprint density at radius 3 is 2.41 bits per heavy atom. The van der Waals surface area contributed by atoms with Gasteiger partial charge >= 0.3 is 5.97 Å². The van der Waals surface area contributed by atoms with Crippen LogP contribution in [0, 0.1) is 5.92 Å². The number of amides is 1. The molecule has 2 rings (SSSR count). The fraction of sp³-hybridized carbons (Fsp3) is 0.476. The Bertz CT molecular complexity index is 821. The number of nitrogens with one attached hydrogen (secondary N) is 2. The first-order valence-corrected chi connectivity index (χ1v) is 9.50. The largest absolute Gasteiger partial charge is 0.481 e. The highest BCUT2D eigenvalue weighted by molar-refractivity contribution is 5.97. The zero-order valence-corrected chi connectivity index (χ0v) is 17.0. The molecule has 8 heteroatoms. The Morgan fingerprint density at radius 1 is 1.21 bits per heavy atom. The van der Waals surface area contributed by atoms with Gasteiger partial charge in [-0.3, -0.25) is 24.7 Å². The number of benzene rings is 1. The second kappa shape index (κ2) is 9.17. The molecule has 0 aromatic heterocycles. The molecule has 0 saturated carbocycles. The van der Waals surface area contributed by atoms with Gasteiger partial charge in [0.05, 0.1) is 12.1 Å². The lowest BCUT2D eigenvalue weighted by Crippen LogP contribution is -2.55. The number of rotatable bonds is 9. The minimum atomic E-state index is -1.48. The summed E-state index contributed by atoms with van der Waals surface area (Å²) in [5.74, 6) is -3.14. The van der Waals surface area contributed by atoms with Crippen LogP contribution in [0.2, 0.25) is 0 Å². The molecule has 1 aromatic rings. The monoisotopic (exact) mass is 406 g/mol. The summed E-state index contributed by atoms with van der Waals surface area (Å²) in [6, 6.07) is 6.23. The fourth-order valence-corrected chi connectivity index (χ4v) is 3.23. The number of hydrogen-bond donors (Lipinski definition) is 3. The van der Waals surface area contributed by atoms with Gasteiger partial charge in [0, 0.05) is 5.56 Å². The van der Waals surface area contributed by atoms with Crippen molar-refractivity contribution in [3.05, 3.63) is 41.5 Å². The summed E-state index contributed by atoms with van der Waals surface area (Å²) in [5.41, 5.74) is 3.86. The second-order valence-electron chi connectivity index (χ2n) is 7.68. The molecule has 2 atom stereocenters. The van der Waals surface area contributed by atoms with Crippen LogP contribution in [-0.4, -0.2) is 41.1 Å². The van der Waals surface area contributed by atoms with Gasteiger partial charge in [0.1, 0.15) is 12.7 Å². The van der Waals surface area contributed by atoms with E-state index in [4.69, 9.17) is 9.94 Å². The summed E-state index contributed by atoms with van der Waals surface area (Å²) in [5, 5.41) is 11.3. The number of carboxylic acids is 1. The molecular weight excluding hydrogens is 379 g/mol. The first-order chi connectivity index (χ1) is 13.6. The zero-order chi connectivity index (χ0) is 21.8. The van der Waals surface area contributed by atoms with Crippen LogP contribution < -0.4 is 10.8 Å². The van der Waals surface area contributed by atoms with Gasteiger partial charge in [-0.1, -0.05) is 52.0 Å². The summed E-state index contributed by atoms with van der Waals surface area (Å²) >= 11 is 0. The van der Waals surface area contributed by atoms with E-state index < -0.39 is 42.4 Å². The van der Waals surface area contributed by atoms with E-state index in [1.165, 1.54) is 0 Å².